The van der Waals surface area contributed by atoms with Crippen molar-refractivity contribution in [3.63, 3.8) is 0 Å². The van der Waals surface area contributed by atoms with Crippen LogP contribution in [0, 0.1) is 13.8 Å². The van der Waals surface area contributed by atoms with Crippen molar-refractivity contribution < 1.29 is 4.74 Å². The number of hydrogen-bond acceptors (Lipinski definition) is 5. The van der Waals surface area contributed by atoms with Gasteiger partial charge in [-0.1, -0.05) is 17.4 Å². The van der Waals surface area contributed by atoms with Gasteiger partial charge in [0.1, 0.15) is 0 Å². The Morgan fingerprint density at radius 1 is 1.30 bits per heavy atom. The van der Waals surface area contributed by atoms with Crippen LogP contribution in [0.3, 0.4) is 0 Å². The van der Waals surface area contributed by atoms with Crippen LogP contribution in [-0.2, 0) is 4.74 Å². The van der Waals surface area contributed by atoms with Gasteiger partial charge in [-0.2, -0.15) is 0 Å². The second-order valence-electron chi connectivity index (χ2n) is 5.33. The Morgan fingerprint density at radius 3 is 2.90 bits per heavy atom. The number of anilines is 1. The van der Waals surface area contributed by atoms with Gasteiger partial charge in [-0.25, -0.2) is 4.98 Å². The predicted molar refractivity (Wildman–Crippen MR) is 84.8 cm³/mol. The Morgan fingerprint density at radius 2 is 2.10 bits per heavy atom. The van der Waals surface area contributed by atoms with E-state index in [9.17, 15) is 0 Å². The molecule has 0 unspecified atom stereocenters. The first-order chi connectivity index (χ1) is 9.72. The van der Waals surface area contributed by atoms with Gasteiger partial charge in [0, 0.05) is 26.2 Å². The SMILES string of the molecule is Cc1cc(C)c2sc(NCCN3CCOCC3)nc2c1. The highest BCUT2D eigenvalue weighted by atomic mass is 32.1. The maximum atomic E-state index is 5.36. The lowest BCUT2D eigenvalue weighted by Gasteiger charge is -2.26. The molecule has 2 aromatic rings. The molecule has 1 N–H and O–H groups in total. The highest BCUT2D eigenvalue weighted by Crippen LogP contribution is 2.29. The molecule has 1 fully saturated rings. The number of morpholine rings is 1. The summed E-state index contributed by atoms with van der Waals surface area (Å²) in [7, 11) is 0. The van der Waals surface area contributed by atoms with E-state index in [1.807, 2.05) is 0 Å². The molecule has 0 saturated carbocycles. The van der Waals surface area contributed by atoms with Crippen molar-refractivity contribution in [3.8, 4) is 0 Å². The molecule has 0 radical (unpaired) electrons. The molecular formula is C15H21N3OS. The van der Waals surface area contributed by atoms with Crippen molar-refractivity contribution in [1.82, 2.24) is 9.88 Å². The molecule has 108 valence electrons. The number of fused-ring (bicyclic) bond motifs is 1. The summed E-state index contributed by atoms with van der Waals surface area (Å²) in [4.78, 5) is 7.11. The molecule has 0 atom stereocenters. The molecule has 0 spiro atoms. The number of benzene rings is 1. The minimum atomic E-state index is 0.861. The third kappa shape index (κ3) is 3.11. The van der Waals surface area contributed by atoms with Gasteiger partial charge in [-0.15, -0.1) is 0 Å². The van der Waals surface area contributed by atoms with Crippen LogP contribution >= 0.6 is 11.3 Å². The highest BCUT2D eigenvalue weighted by molar-refractivity contribution is 7.22. The topological polar surface area (TPSA) is 37.4 Å². The fourth-order valence-corrected chi connectivity index (χ4v) is 3.54. The maximum absolute atomic E-state index is 5.36. The van der Waals surface area contributed by atoms with Gasteiger partial charge in [-0.05, 0) is 31.0 Å². The number of ether oxygens (including phenoxy) is 1. The zero-order chi connectivity index (χ0) is 13.9. The number of aryl methyl sites for hydroxylation is 2. The molecule has 1 aliphatic heterocycles. The van der Waals surface area contributed by atoms with Crippen LogP contribution in [0.1, 0.15) is 11.1 Å². The van der Waals surface area contributed by atoms with Crippen LogP contribution < -0.4 is 5.32 Å². The van der Waals surface area contributed by atoms with Crippen LogP contribution in [-0.4, -0.2) is 49.3 Å². The van der Waals surface area contributed by atoms with Crippen LogP contribution in [0.15, 0.2) is 12.1 Å². The minimum Gasteiger partial charge on any atom is -0.379 e. The molecule has 1 aromatic carbocycles. The van der Waals surface area contributed by atoms with E-state index in [4.69, 9.17) is 4.74 Å². The van der Waals surface area contributed by atoms with E-state index in [1.54, 1.807) is 11.3 Å². The minimum absolute atomic E-state index is 0.861. The first-order valence-electron chi connectivity index (χ1n) is 7.14. The van der Waals surface area contributed by atoms with Gasteiger partial charge >= 0.3 is 0 Å². The Hall–Kier alpha value is -1.17. The number of nitrogens with one attached hydrogen (secondary N) is 1. The molecule has 1 aromatic heterocycles. The first-order valence-corrected chi connectivity index (χ1v) is 7.96. The summed E-state index contributed by atoms with van der Waals surface area (Å²) in [6, 6.07) is 4.38. The smallest absolute Gasteiger partial charge is 0.183 e. The molecule has 4 nitrogen and oxygen atoms in total. The monoisotopic (exact) mass is 291 g/mol. The Kier molecular flexibility index (Phi) is 4.19. The lowest BCUT2D eigenvalue weighted by molar-refractivity contribution is 0.0398. The molecule has 20 heavy (non-hydrogen) atoms. The fraction of sp³-hybridized carbons (Fsp3) is 0.533. The second kappa shape index (κ2) is 6.08. The third-order valence-corrected chi connectivity index (χ3v) is 4.79. The normalized spacial score (nSPS) is 16.7. The molecule has 5 heteroatoms. The zero-order valence-corrected chi connectivity index (χ0v) is 12.9. The Balaban J connectivity index is 1.61. The number of thiazole rings is 1. The summed E-state index contributed by atoms with van der Waals surface area (Å²) in [5.74, 6) is 0. The van der Waals surface area contributed by atoms with Crippen LogP contribution in [0.4, 0.5) is 5.13 Å². The molecule has 0 bridgehead atoms. The van der Waals surface area contributed by atoms with E-state index in [2.05, 4.69) is 41.2 Å². The third-order valence-electron chi connectivity index (χ3n) is 3.63. The standard InChI is InChI=1S/C15H21N3OS/c1-11-9-12(2)14-13(10-11)17-15(20-14)16-3-4-18-5-7-19-8-6-18/h9-10H,3-8H2,1-2H3,(H,16,17). The van der Waals surface area contributed by atoms with E-state index in [1.165, 1.54) is 15.8 Å². The predicted octanol–water partition coefficient (Wildman–Crippen LogP) is 2.66. The van der Waals surface area contributed by atoms with E-state index in [0.29, 0.717) is 0 Å². The average Bonchev–Trinajstić information content (AvgIpc) is 2.83. The van der Waals surface area contributed by atoms with Crippen molar-refractivity contribution in [2.24, 2.45) is 0 Å². The summed E-state index contributed by atoms with van der Waals surface area (Å²) >= 11 is 1.75. The summed E-state index contributed by atoms with van der Waals surface area (Å²) in [6.45, 7) is 10.1. The summed E-state index contributed by atoms with van der Waals surface area (Å²) < 4.78 is 6.65. The summed E-state index contributed by atoms with van der Waals surface area (Å²) in [6.07, 6.45) is 0. The van der Waals surface area contributed by atoms with Gasteiger partial charge in [-0.3, -0.25) is 4.90 Å². The van der Waals surface area contributed by atoms with Crippen molar-refractivity contribution in [2.75, 3.05) is 44.7 Å². The molecule has 3 rings (SSSR count). The molecule has 2 heterocycles. The largest absolute Gasteiger partial charge is 0.379 e. The highest BCUT2D eigenvalue weighted by Gasteiger charge is 2.10. The number of aromatic nitrogens is 1. The molecule has 0 aliphatic carbocycles. The van der Waals surface area contributed by atoms with Gasteiger partial charge in [0.15, 0.2) is 5.13 Å². The maximum Gasteiger partial charge on any atom is 0.183 e. The number of nitrogens with zero attached hydrogens (tertiary/aromatic N) is 2. The number of rotatable bonds is 4. The summed E-state index contributed by atoms with van der Waals surface area (Å²) in [5, 5.41) is 4.48. The quantitative estimate of drug-likeness (QED) is 0.940. The van der Waals surface area contributed by atoms with Crippen LogP contribution in [0.5, 0.6) is 0 Å². The van der Waals surface area contributed by atoms with Crippen LogP contribution in [0.2, 0.25) is 0 Å². The molecular weight excluding hydrogens is 270 g/mol. The van der Waals surface area contributed by atoms with E-state index in [0.717, 1.165) is 50.0 Å². The van der Waals surface area contributed by atoms with E-state index < -0.39 is 0 Å². The molecule has 1 saturated heterocycles. The Labute approximate surface area is 123 Å². The summed E-state index contributed by atoms with van der Waals surface area (Å²) in [5.41, 5.74) is 3.71. The fourth-order valence-electron chi connectivity index (χ4n) is 2.60. The van der Waals surface area contributed by atoms with E-state index in [-0.39, 0.29) is 0 Å². The van der Waals surface area contributed by atoms with Crippen LogP contribution in [0.25, 0.3) is 10.2 Å². The number of hydrogen-bond donors (Lipinski definition) is 1. The molecule has 0 amide bonds. The van der Waals surface area contributed by atoms with E-state index >= 15 is 0 Å². The van der Waals surface area contributed by atoms with Crippen molar-refractivity contribution >= 4 is 26.7 Å². The lowest BCUT2D eigenvalue weighted by atomic mass is 10.1. The molecule has 1 aliphatic rings. The van der Waals surface area contributed by atoms with Crippen molar-refractivity contribution in [2.45, 2.75) is 13.8 Å². The van der Waals surface area contributed by atoms with Crippen molar-refractivity contribution in [3.05, 3.63) is 23.3 Å². The van der Waals surface area contributed by atoms with Gasteiger partial charge in [0.25, 0.3) is 0 Å². The average molecular weight is 291 g/mol. The van der Waals surface area contributed by atoms with Gasteiger partial charge in [0.05, 0.1) is 23.4 Å². The zero-order valence-electron chi connectivity index (χ0n) is 12.1. The van der Waals surface area contributed by atoms with Gasteiger partial charge in [0.2, 0.25) is 0 Å². The second-order valence-corrected chi connectivity index (χ2v) is 6.33. The van der Waals surface area contributed by atoms with Gasteiger partial charge < -0.3 is 10.1 Å². The van der Waals surface area contributed by atoms with Crippen molar-refractivity contribution in [1.29, 1.82) is 0 Å². The Bertz CT molecular complexity index is 590. The lowest BCUT2D eigenvalue weighted by Crippen LogP contribution is -2.38. The first kappa shape index (κ1) is 13.8.